The molecule has 0 radical (unpaired) electrons. The Kier molecular flexibility index (Phi) is 8.46. The van der Waals surface area contributed by atoms with Crippen molar-refractivity contribution in [3.8, 4) is 11.5 Å². The molecule has 3 aliphatic rings. The van der Waals surface area contributed by atoms with Crippen LogP contribution in [0.1, 0.15) is 16.8 Å². The molecule has 1 aliphatic carbocycles. The van der Waals surface area contributed by atoms with Gasteiger partial charge in [0.1, 0.15) is 42.2 Å². The van der Waals surface area contributed by atoms with E-state index in [-0.39, 0.29) is 35.7 Å². The smallest absolute Gasteiger partial charge is 0.339 e. The number of carbonyl (C=O) groups is 2. The van der Waals surface area contributed by atoms with E-state index in [1.54, 1.807) is 0 Å². The van der Waals surface area contributed by atoms with Gasteiger partial charge in [0.15, 0.2) is 17.8 Å². The number of benzene rings is 1. The lowest BCUT2D eigenvalue weighted by Crippen LogP contribution is -2.61. The van der Waals surface area contributed by atoms with Crippen LogP contribution < -0.4 is 4.74 Å². The standard InChI is InChI=1S/C25H30O14/c1-34-15-7-11(3-4-14(15)27)21(31)36-9-12-5-6-25(33)13(22(32)35-2)10-37-23(17(12)25)39-24-20(30)19(29)18(28)16(8-26)38-24/h3-5,7,10,16-20,23-24,26-30,33H,6,8-9H2,1-2H3/t16-,17-,18-,19+,20-,23-,24+,25-/m1/s1. The van der Waals surface area contributed by atoms with Crippen LogP contribution in [0.5, 0.6) is 11.5 Å². The van der Waals surface area contributed by atoms with E-state index in [0.717, 1.165) is 13.4 Å². The summed E-state index contributed by atoms with van der Waals surface area (Å²) in [5, 5.41) is 61.4. The second kappa shape index (κ2) is 11.5. The number of carbonyl (C=O) groups excluding carboxylic acids is 2. The Morgan fingerprint density at radius 2 is 1.82 bits per heavy atom. The number of esters is 2. The Morgan fingerprint density at radius 1 is 1.08 bits per heavy atom. The quantitative estimate of drug-likeness (QED) is 0.159. The van der Waals surface area contributed by atoms with Crippen LogP contribution in [0.3, 0.4) is 0 Å². The molecular formula is C25H30O14. The van der Waals surface area contributed by atoms with Gasteiger partial charge in [-0.15, -0.1) is 0 Å². The van der Waals surface area contributed by atoms with E-state index in [1.165, 1.54) is 31.4 Å². The number of phenolic OH excluding ortho intramolecular Hbond substituents is 1. The first-order valence-corrected chi connectivity index (χ1v) is 11.9. The first-order valence-electron chi connectivity index (χ1n) is 11.9. The van der Waals surface area contributed by atoms with Crippen molar-refractivity contribution in [1.29, 1.82) is 0 Å². The van der Waals surface area contributed by atoms with Crippen molar-refractivity contribution < 1.29 is 68.6 Å². The van der Waals surface area contributed by atoms with Gasteiger partial charge in [-0.3, -0.25) is 0 Å². The average Bonchev–Trinajstić information content (AvgIpc) is 3.29. The minimum atomic E-state index is -1.92. The molecule has 214 valence electrons. The van der Waals surface area contributed by atoms with Gasteiger partial charge in [0, 0.05) is 0 Å². The first kappa shape index (κ1) is 28.8. The van der Waals surface area contributed by atoms with E-state index in [0.29, 0.717) is 5.57 Å². The molecule has 4 rings (SSSR count). The molecule has 0 aromatic heterocycles. The highest BCUT2D eigenvalue weighted by Crippen LogP contribution is 2.47. The highest BCUT2D eigenvalue weighted by Gasteiger charge is 2.57. The maximum absolute atomic E-state index is 12.7. The Bertz CT molecular complexity index is 1150. The molecule has 0 bridgehead atoms. The molecule has 1 aromatic carbocycles. The number of fused-ring (bicyclic) bond motifs is 1. The number of aliphatic hydroxyl groups is 5. The second-order valence-corrected chi connectivity index (χ2v) is 9.21. The van der Waals surface area contributed by atoms with Gasteiger partial charge >= 0.3 is 11.9 Å². The summed E-state index contributed by atoms with van der Waals surface area (Å²) in [5.41, 5.74) is -1.79. The Labute approximate surface area is 222 Å². The molecule has 0 unspecified atom stereocenters. The van der Waals surface area contributed by atoms with Crippen LogP contribution in [0.4, 0.5) is 0 Å². The maximum Gasteiger partial charge on any atom is 0.339 e. The third-order valence-electron chi connectivity index (χ3n) is 6.96. The fourth-order valence-corrected chi connectivity index (χ4v) is 4.78. The van der Waals surface area contributed by atoms with Gasteiger partial charge in [0.25, 0.3) is 0 Å². The van der Waals surface area contributed by atoms with E-state index in [1.807, 2.05) is 0 Å². The summed E-state index contributed by atoms with van der Waals surface area (Å²) in [6.45, 7) is -1.07. The van der Waals surface area contributed by atoms with Crippen LogP contribution in [0.15, 0.2) is 41.7 Å². The molecule has 39 heavy (non-hydrogen) atoms. The van der Waals surface area contributed by atoms with Crippen molar-refractivity contribution in [1.82, 2.24) is 0 Å². The number of hydrogen-bond donors (Lipinski definition) is 6. The van der Waals surface area contributed by atoms with Gasteiger partial charge in [0.2, 0.25) is 6.29 Å². The van der Waals surface area contributed by atoms with Crippen LogP contribution in [0.2, 0.25) is 0 Å². The first-order chi connectivity index (χ1) is 18.5. The fourth-order valence-electron chi connectivity index (χ4n) is 4.78. The molecule has 1 fully saturated rings. The minimum Gasteiger partial charge on any atom is -0.504 e. The van der Waals surface area contributed by atoms with Crippen LogP contribution in [-0.2, 0) is 28.5 Å². The predicted octanol–water partition coefficient (Wildman–Crippen LogP) is -1.54. The Hall–Kier alpha value is -3.24. The topological polar surface area (TPSA) is 211 Å². The molecule has 0 amide bonds. The number of ether oxygens (including phenoxy) is 6. The van der Waals surface area contributed by atoms with Crippen molar-refractivity contribution in [2.75, 3.05) is 27.4 Å². The zero-order valence-electron chi connectivity index (χ0n) is 21.0. The highest BCUT2D eigenvalue weighted by atomic mass is 16.8. The summed E-state index contributed by atoms with van der Waals surface area (Å²) in [6, 6.07) is 3.87. The highest BCUT2D eigenvalue weighted by molar-refractivity contribution is 5.91. The number of rotatable bonds is 8. The number of hydrogen-bond acceptors (Lipinski definition) is 14. The largest absolute Gasteiger partial charge is 0.504 e. The number of aromatic hydroxyl groups is 1. The molecule has 2 aliphatic heterocycles. The van der Waals surface area contributed by atoms with Crippen LogP contribution in [0.25, 0.3) is 0 Å². The van der Waals surface area contributed by atoms with Gasteiger partial charge in [0.05, 0.1) is 38.6 Å². The van der Waals surface area contributed by atoms with E-state index < -0.39 is 67.1 Å². The van der Waals surface area contributed by atoms with E-state index in [9.17, 15) is 40.2 Å². The van der Waals surface area contributed by atoms with Gasteiger partial charge in [-0.05, 0) is 30.2 Å². The molecule has 0 saturated carbocycles. The number of phenols is 1. The molecule has 8 atom stereocenters. The van der Waals surface area contributed by atoms with Crippen molar-refractivity contribution in [2.45, 2.75) is 49.0 Å². The molecular weight excluding hydrogens is 524 g/mol. The SMILES string of the molecule is COC(=O)C1=CO[C@H](O[C@@H]2O[C@H](CO)[C@@H](O)[C@H](O)[C@H]2O)[C@H]2C(COC(=O)c3ccc(O)c(OC)c3)=CC[C@@]12O. The van der Waals surface area contributed by atoms with Crippen molar-refractivity contribution in [2.24, 2.45) is 5.92 Å². The van der Waals surface area contributed by atoms with Crippen LogP contribution in [0, 0.1) is 5.92 Å². The van der Waals surface area contributed by atoms with Gasteiger partial charge in [-0.1, -0.05) is 6.08 Å². The van der Waals surface area contributed by atoms with Gasteiger partial charge < -0.3 is 59.1 Å². The Balaban J connectivity index is 1.56. The average molecular weight is 555 g/mol. The van der Waals surface area contributed by atoms with Crippen molar-refractivity contribution in [3.05, 3.63) is 47.2 Å². The summed E-state index contributed by atoms with van der Waals surface area (Å²) >= 11 is 0. The molecule has 14 heteroatoms. The van der Waals surface area contributed by atoms with Gasteiger partial charge in [-0.2, -0.15) is 0 Å². The lowest BCUT2D eigenvalue weighted by molar-refractivity contribution is -0.343. The van der Waals surface area contributed by atoms with Crippen molar-refractivity contribution >= 4 is 11.9 Å². The molecule has 1 aromatic rings. The predicted molar refractivity (Wildman–Crippen MR) is 126 cm³/mol. The van der Waals surface area contributed by atoms with Crippen LogP contribution >= 0.6 is 0 Å². The lowest BCUT2D eigenvalue weighted by atomic mass is 9.79. The molecule has 1 saturated heterocycles. The molecule has 0 spiro atoms. The lowest BCUT2D eigenvalue weighted by Gasteiger charge is -2.44. The zero-order chi connectivity index (χ0) is 28.5. The molecule has 6 N–H and O–H groups in total. The third kappa shape index (κ3) is 5.32. The molecule has 2 heterocycles. The van der Waals surface area contributed by atoms with Crippen LogP contribution in [-0.4, -0.2) is 113 Å². The maximum atomic E-state index is 12.7. The summed E-state index contributed by atoms with van der Waals surface area (Å²) in [4.78, 5) is 25.1. The second-order valence-electron chi connectivity index (χ2n) is 9.21. The summed E-state index contributed by atoms with van der Waals surface area (Å²) < 4.78 is 31.9. The minimum absolute atomic E-state index is 0.0560. The zero-order valence-corrected chi connectivity index (χ0v) is 21.0. The van der Waals surface area contributed by atoms with Crippen molar-refractivity contribution in [3.63, 3.8) is 0 Å². The van der Waals surface area contributed by atoms with E-state index >= 15 is 0 Å². The Morgan fingerprint density at radius 3 is 2.49 bits per heavy atom. The summed E-state index contributed by atoms with van der Waals surface area (Å²) in [7, 11) is 2.44. The monoisotopic (exact) mass is 554 g/mol. The van der Waals surface area contributed by atoms with E-state index in [2.05, 4.69) is 0 Å². The number of aliphatic hydroxyl groups excluding tert-OH is 4. The fraction of sp³-hybridized carbons (Fsp3) is 0.520. The summed E-state index contributed by atoms with van der Waals surface area (Å²) in [5.74, 6) is -2.95. The van der Waals surface area contributed by atoms with E-state index in [4.69, 9.17) is 28.4 Å². The molecule has 14 nitrogen and oxygen atoms in total. The third-order valence-corrected chi connectivity index (χ3v) is 6.96. The number of methoxy groups -OCH3 is 2. The summed E-state index contributed by atoms with van der Waals surface area (Å²) in [6.07, 6.45) is -7.07. The normalized spacial score (nSPS) is 33.8. The van der Waals surface area contributed by atoms with Gasteiger partial charge in [-0.25, -0.2) is 9.59 Å².